The van der Waals surface area contributed by atoms with Crippen LogP contribution >= 0.6 is 11.8 Å². The molecule has 4 unspecified atom stereocenters. The van der Waals surface area contributed by atoms with Gasteiger partial charge in [-0.2, -0.15) is 11.8 Å². The summed E-state index contributed by atoms with van der Waals surface area (Å²) in [5.41, 5.74) is 0. The lowest BCUT2D eigenvalue weighted by Gasteiger charge is -2.52. The Bertz CT molecular complexity index is 325. The molecule has 0 aromatic rings. The van der Waals surface area contributed by atoms with E-state index in [4.69, 9.17) is 4.74 Å². The molecule has 2 fully saturated rings. The fourth-order valence-electron chi connectivity index (χ4n) is 3.16. The molecule has 0 bridgehead atoms. The Kier molecular flexibility index (Phi) is 4.53. The van der Waals surface area contributed by atoms with Crippen LogP contribution in [0.15, 0.2) is 0 Å². The summed E-state index contributed by atoms with van der Waals surface area (Å²) < 4.78 is 5.65. The van der Waals surface area contributed by atoms with Gasteiger partial charge in [-0.05, 0) is 12.3 Å². The zero-order chi connectivity index (χ0) is 14.4. The van der Waals surface area contributed by atoms with Gasteiger partial charge in [-0.3, -0.25) is 0 Å². The van der Waals surface area contributed by atoms with E-state index in [1.54, 1.807) is 11.8 Å². The highest BCUT2D eigenvalue weighted by Crippen LogP contribution is 2.55. The maximum atomic E-state index is 10.6. The second-order valence-electron chi connectivity index (χ2n) is 6.24. The predicted octanol–water partition coefficient (Wildman–Crippen LogP) is 1.23. The van der Waals surface area contributed by atoms with Gasteiger partial charge < -0.3 is 20.1 Å². The molecule has 0 aromatic carbocycles. The minimum atomic E-state index is -1.34. The average Bonchev–Trinajstić information content (AvgIpc) is 2.46. The molecule has 4 nitrogen and oxygen atoms in total. The molecule has 19 heavy (non-hydrogen) atoms. The summed E-state index contributed by atoms with van der Waals surface area (Å²) in [6, 6.07) is 0. The molecular weight excluding hydrogens is 264 g/mol. The molecule has 1 saturated carbocycles. The quantitative estimate of drug-likeness (QED) is 0.710. The van der Waals surface area contributed by atoms with Crippen LogP contribution in [0.1, 0.15) is 34.1 Å². The highest BCUT2D eigenvalue weighted by Gasteiger charge is 2.70. The van der Waals surface area contributed by atoms with Gasteiger partial charge in [0.15, 0.2) is 5.79 Å². The molecule has 7 atom stereocenters. The number of fused-ring (bicyclic) bond motifs is 1. The second-order valence-corrected chi connectivity index (χ2v) is 7.72. The third-order valence-corrected chi connectivity index (χ3v) is 6.06. The lowest BCUT2D eigenvalue weighted by atomic mass is 9.79. The van der Waals surface area contributed by atoms with Gasteiger partial charge in [0.1, 0.15) is 0 Å². The number of hydrogen-bond donors (Lipinski definition) is 3. The van der Waals surface area contributed by atoms with E-state index < -0.39 is 23.9 Å². The van der Waals surface area contributed by atoms with E-state index in [2.05, 4.69) is 13.8 Å². The molecule has 3 N–H and O–H groups in total. The zero-order valence-corrected chi connectivity index (χ0v) is 12.9. The monoisotopic (exact) mass is 290 g/mol. The van der Waals surface area contributed by atoms with E-state index in [9.17, 15) is 15.3 Å². The molecule has 0 aromatic heterocycles. The molecule has 1 aliphatic heterocycles. The molecular formula is C14H26O4S. The number of rotatable bonds is 5. The van der Waals surface area contributed by atoms with E-state index in [0.717, 1.165) is 6.42 Å². The summed E-state index contributed by atoms with van der Waals surface area (Å²) >= 11 is 1.72. The second kappa shape index (κ2) is 5.53. The Morgan fingerprint density at radius 2 is 1.84 bits per heavy atom. The molecule has 5 heteroatoms. The highest BCUT2D eigenvalue weighted by molar-refractivity contribution is 7.99. The molecule has 0 amide bonds. The van der Waals surface area contributed by atoms with Crippen molar-refractivity contribution in [3.63, 3.8) is 0 Å². The van der Waals surface area contributed by atoms with Crippen LogP contribution < -0.4 is 0 Å². The fraction of sp³-hybridized carbons (Fsp3) is 1.00. The van der Waals surface area contributed by atoms with Crippen molar-refractivity contribution in [1.82, 2.24) is 0 Å². The summed E-state index contributed by atoms with van der Waals surface area (Å²) in [7, 11) is 0. The minimum absolute atomic E-state index is 0.159. The van der Waals surface area contributed by atoms with Crippen LogP contribution in [-0.2, 0) is 4.74 Å². The van der Waals surface area contributed by atoms with E-state index in [1.165, 1.54) is 0 Å². The lowest BCUT2D eigenvalue weighted by Crippen LogP contribution is -2.64. The Morgan fingerprint density at radius 3 is 2.37 bits per heavy atom. The van der Waals surface area contributed by atoms with E-state index in [0.29, 0.717) is 11.0 Å². The van der Waals surface area contributed by atoms with Crippen molar-refractivity contribution >= 4 is 11.8 Å². The van der Waals surface area contributed by atoms with Crippen molar-refractivity contribution in [3.05, 3.63) is 0 Å². The number of aliphatic hydroxyl groups is 3. The van der Waals surface area contributed by atoms with Crippen LogP contribution in [0.2, 0.25) is 0 Å². The van der Waals surface area contributed by atoms with Crippen LogP contribution in [0.3, 0.4) is 0 Å². The Labute approximate surface area is 119 Å². The molecule has 1 saturated heterocycles. The largest absolute Gasteiger partial charge is 0.390 e. The third-order valence-electron chi connectivity index (χ3n) is 4.61. The van der Waals surface area contributed by atoms with Gasteiger partial charge in [-0.15, -0.1) is 0 Å². The van der Waals surface area contributed by atoms with Gasteiger partial charge in [0.25, 0.3) is 0 Å². The maximum absolute atomic E-state index is 10.6. The number of hydrogen-bond acceptors (Lipinski definition) is 5. The predicted molar refractivity (Wildman–Crippen MR) is 75.9 cm³/mol. The maximum Gasteiger partial charge on any atom is 0.179 e. The van der Waals surface area contributed by atoms with Crippen LogP contribution in [0, 0.1) is 17.8 Å². The summed E-state index contributed by atoms with van der Waals surface area (Å²) in [4.78, 5) is 0. The Balaban J connectivity index is 2.06. The first-order valence-corrected chi connectivity index (χ1v) is 8.25. The van der Waals surface area contributed by atoms with Gasteiger partial charge in [-0.25, -0.2) is 0 Å². The summed E-state index contributed by atoms with van der Waals surface area (Å²) in [5.74, 6) is -1.25. The highest BCUT2D eigenvalue weighted by atomic mass is 32.2. The third kappa shape index (κ3) is 2.44. The van der Waals surface area contributed by atoms with Crippen molar-refractivity contribution in [1.29, 1.82) is 0 Å². The summed E-state index contributed by atoms with van der Waals surface area (Å²) in [6.45, 7) is 8.25. The average molecular weight is 290 g/mol. The Hall–Kier alpha value is 0.190. The SMILES string of the molecule is CCC(C)SCC1[C@@H](O)C(O)C2[C@H](C(C)C)O[C@@]12O. The number of aliphatic hydroxyl groups excluding tert-OH is 2. The van der Waals surface area contributed by atoms with Crippen LogP contribution in [-0.4, -0.2) is 50.4 Å². The topological polar surface area (TPSA) is 69.9 Å². The first kappa shape index (κ1) is 15.6. The molecule has 0 spiro atoms. The lowest BCUT2D eigenvalue weighted by molar-refractivity contribution is -0.384. The molecule has 112 valence electrons. The fourth-order valence-corrected chi connectivity index (χ4v) is 4.36. The van der Waals surface area contributed by atoms with Gasteiger partial charge in [0.2, 0.25) is 0 Å². The van der Waals surface area contributed by atoms with Crippen molar-refractivity contribution in [2.75, 3.05) is 5.75 Å². The molecule has 2 aliphatic rings. The summed E-state index contributed by atoms with van der Waals surface area (Å²) in [5, 5.41) is 31.4. The van der Waals surface area contributed by atoms with Gasteiger partial charge in [0.05, 0.1) is 30.1 Å². The number of thioether (sulfide) groups is 1. The molecule has 2 rings (SSSR count). The minimum Gasteiger partial charge on any atom is -0.390 e. The standard InChI is InChI=1S/C14H26O4S/c1-5-8(4)19-6-9-11(15)12(16)10-13(7(2)3)18-14(9,10)17/h7-13,15-17H,5-6H2,1-4H3/t8?,9?,10?,11-,12?,13+,14+/m1/s1. The van der Waals surface area contributed by atoms with Gasteiger partial charge in [0, 0.05) is 11.0 Å². The van der Waals surface area contributed by atoms with Gasteiger partial charge in [-0.1, -0.05) is 27.7 Å². The van der Waals surface area contributed by atoms with Crippen molar-refractivity contribution in [3.8, 4) is 0 Å². The van der Waals surface area contributed by atoms with Crippen LogP contribution in [0.4, 0.5) is 0 Å². The van der Waals surface area contributed by atoms with Crippen LogP contribution in [0.5, 0.6) is 0 Å². The van der Waals surface area contributed by atoms with Crippen molar-refractivity contribution in [2.24, 2.45) is 17.8 Å². The molecule has 1 aliphatic carbocycles. The van der Waals surface area contributed by atoms with Crippen molar-refractivity contribution in [2.45, 2.75) is 63.5 Å². The smallest absolute Gasteiger partial charge is 0.179 e. The van der Waals surface area contributed by atoms with E-state index >= 15 is 0 Å². The molecule has 1 heterocycles. The van der Waals surface area contributed by atoms with Gasteiger partial charge >= 0.3 is 0 Å². The first-order chi connectivity index (χ1) is 8.82. The van der Waals surface area contributed by atoms with Crippen molar-refractivity contribution < 1.29 is 20.1 Å². The molecule has 0 radical (unpaired) electrons. The zero-order valence-electron chi connectivity index (χ0n) is 12.1. The van der Waals surface area contributed by atoms with E-state index in [-0.39, 0.29) is 17.9 Å². The van der Waals surface area contributed by atoms with Crippen LogP contribution in [0.25, 0.3) is 0 Å². The summed E-state index contributed by atoms with van der Waals surface area (Å²) in [6.07, 6.45) is -0.884. The first-order valence-electron chi connectivity index (χ1n) is 7.20. The van der Waals surface area contributed by atoms with E-state index in [1.807, 2.05) is 13.8 Å². The normalized spacial score (nSPS) is 47.1. The number of ether oxygens (including phenoxy) is 1. The Morgan fingerprint density at radius 1 is 1.21 bits per heavy atom.